The van der Waals surface area contributed by atoms with Gasteiger partial charge in [0.05, 0.1) is 20.2 Å². The molecule has 5 aromatic heterocycles. The molecule has 26 nitrogen and oxygen atoms in total. The van der Waals surface area contributed by atoms with Crippen molar-refractivity contribution >= 4 is 143 Å². The number of carbonyl (C=O) groups is 3. The van der Waals surface area contributed by atoms with E-state index >= 15 is 0 Å². The number of anilines is 5. The van der Waals surface area contributed by atoms with Gasteiger partial charge in [-0.2, -0.15) is 8.75 Å². The molecule has 104 heavy (non-hydrogen) atoms. The van der Waals surface area contributed by atoms with E-state index in [0.29, 0.717) is 81.3 Å². The van der Waals surface area contributed by atoms with Crippen LogP contribution >= 0.6 is 46.3 Å². The highest BCUT2D eigenvalue weighted by atomic mass is 35.5. The Hall–Kier alpha value is -9.76. The summed E-state index contributed by atoms with van der Waals surface area (Å²) < 4.78 is 94.5. The van der Waals surface area contributed by atoms with Crippen molar-refractivity contribution in [2.75, 3.05) is 89.4 Å². The SMILES string of the molecule is Cc1nsc(NS(=O)(=O)c2ccc(N3CCN(C(=O)C(C)n4ccc5c(Cl)cccc54)CC3)cc2)n1.O=C(Cn1ccc2ccc(Cl)cc21)N1CCC(c2ccc(S(=O)(=O)Nc3ncns3)cc2)CC1.O=C(NC1Cc2ccccc2C1)N1CCN(c2ccc(S(=O)(=O)Nc3ccncn3)cc2)CC1.[HH].[HH].[HH]. The summed E-state index contributed by atoms with van der Waals surface area (Å²) in [5.41, 5.74) is 7.43. The molecule has 546 valence electrons. The first-order chi connectivity index (χ1) is 50.1. The molecule has 11 aromatic rings. The van der Waals surface area contributed by atoms with Crippen molar-refractivity contribution in [2.45, 2.75) is 78.8 Å². The largest absolute Gasteiger partial charge is 0.368 e. The molecule has 0 spiro atoms. The molecule has 1 unspecified atom stereocenters. The number of halogens is 2. The molecule has 4 aliphatic rings. The quantitative estimate of drug-likeness (QED) is 0.0658. The van der Waals surface area contributed by atoms with Crippen LogP contribution in [0.25, 0.3) is 21.8 Å². The van der Waals surface area contributed by atoms with Crippen molar-refractivity contribution in [1.29, 1.82) is 0 Å². The molecule has 4 amide bonds. The molecule has 1 aliphatic carbocycles. The first kappa shape index (κ1) is 72.6. The fraction of sp³-hybridized carbons (Fsp3) is 0.282. The summed E-state index contributed by atoms with van der Waals surface area (Å²) in [6.07, 6.45) is 11.3. The molecule has 3 fully saturated rings. The van der Waals surface area contributed by atoms with Crippen molar-refractivity contribution in [3.63, 3.8) is 0 Å². The summed E-state index contributed by atoms with van der Waals surface area (Å²) >= 11 is 14.4. The summed E-state index contributed by atoms with van der Waals surface area (Å²) in [5, 5.41) is 6.96. The Kier molecular flexibility index (Phi) is 22.1. The van der Waals surface area contributed by atoms with Crippen molar-refractivity contribution in [1.82, 2.24) is 57.8 Å². The van der Waals surface area contributed by atoms with Crippen LogP contribution in [0.2, 0.25) is 10.0 Å². The monoisotopic (exact) mass is 1540 g/mol. The summed E-state index contributed by atoms with van der Waals surface area (Å²) in [7, 11) is -11.2. The van der Waals surface area contributed by atoms with E-state index in [9.17, 15) is 39.6 Å². The maximum absolute atomic E-state index is 13.2. The average Bonchev–Trinajstić information content (AvgIpc) is 1.73. The lowest BCUT2D eigenvalue weighted by molar-refractivity contribution is -0.134. The van der Waals surface area contributed by atoms with Crippen LogP contribution in [0.15, 0.2) is 198 Å². The number of nitrogens with one attached hydrogen (secondary N) is 4. The molecule has 15 rings (SSSR count). The average molecular weight is 1550 g/mol. The Labute approximate surface area is 624 Å². The molecule has 1 atom stereocenters. The number of fused-ring (bicyclic) bond motifs is 3. The van der Waals surface area contributed by atoms with E-state index in [2.05, 4.69) is 70.1 Å². The van der Waals surface area contributed by atoms with Gasteiger partial charge in [-0.1, -0.05) is 71.7 Å². The molecule has 6 aromatic carbocycles. The highest BCUT2D eigenvalue weighted by molar-refractivity contribution is 7.93. The molecule has 3 aliphatic heterocycles. The second-order valence-electron chi connectivity index (χ2n) is 25.3. The number of amides is 4. The molecule has 4 N–H and O–H groups in total. The molecule has 0 bridgehead atoms. The number of sulfonamides is 3. The number of rotatable bonds is 17. The van der Waals surface area contributed by atoms with Gasteiger partial charge in [0.15, 0.2) is 0 Å². The number of carbonyl (C=O) groups excluding carboxylic acids is 3. The number of piperidine rings is 1. The fourth-order valence-corrected chi connectivity index (χ4v) is 18.1. The highest BCUT2D eigenvalue weighted by Crippen LogP contribution is 2.33. The lowest BCUT2D eigenvalue weighted by Crippen LogP contribution is -2.53. The third-order valence-electron chi connectivity index (χ3n) is 18.7. The Morgan fingerprint density at radius 1 is 0.596 bits per heavy atom. The molecule has 8 heterocycles. The van der Waals surface area contributed by atoms with Gasteiger partial charge < -0.3 is 39.0 Å². The molecule has 0 radical (unpaired) electrons. The van der Waals surface area contributed by atoms with Gasteiger partial charge in [-0.25, -0.2) is 50.0 Å². The van der Waals surface area contributed by atoms with Crippen molar-refractivity contribution in [3.8, 4) is 0 Å². The molecular formula is C71H79Cl2N17O9S5. The Morgan fingerprint density at radius 3 is 1.79 bits per heavy atom. The van der Waals surface area contributed by atoms with Crippen LogP contribution in [-0.4, -0.2) is 167 Å². The predicted molar refractivity (Wildman–Crippen MR) is 411 cm³/mol. The third kappa shape index (κ3) is 17.2. The van der Waals surface area contributed by atoms with Crippen molar-refractivity contribution in [2.24, 2.45) is 0 Å². The second kappa shape index (κ2) is 31.7. The normalized spacial score (nSPS) is 15.5. The van der Waals surface area contributed by atoms with E-state index < -0.39 is 30.1 Å². The van der Waals surface area contributed by atoms with Gasteiger partial charge in [0, 0.05) is 150 Å². The number of likely N-dealkylation sites (tertiary alicyclic amines) is 1. The summed E-state index contributed by atoms with van der Waals surface area (Å²) in [6.45, 7) is 10.3. The molecular weight excluding hydrogens is 1470 g/mol. The lowest BCUT2D eigenvalue weighted by atomic mass is 9.89. The fourth-order valence-electron chi connectivity index (χ4n) is 13.2. The van der Waals surface area contributed by atoms with Crippen molar-refractivity contribution < 1.29 is 43.9 Å². The van der Waals surface area contributed by atoms with Crippen LogP contribution in [0.1, 0.15) is 58.5 Å². The van der Waals surface area contributed by atoms with Crippen LogP contribution in [0.3, 0.4) is 0 Å². The van der Waals surface area contributed by atoms with E-state index in [1.807, 2.05) is 116 Å². The number of piperazine rings is 2. The van der Waals surface area contributed by atoms with E-state index in [1.54, 1.807) is 67.6 Å². The number of benzene rings is 6. The minimum absolute atomic E-state index is 0. The zero-order valence-electron chi connectivity index (χ0n) is 56.4. The lowest BCUT2D eigenvalue weighted by Gasteiger charge is -2.37. The van der Waals surface area contributed by atoms with E-state index in [4.69, 9.17) is 23.2 Å². The van der Waals surface area contributed by atoms with Gasteiger partial charge in [0.2, 0.25) is 22.1 Å². The van der Waals surface area contributed by atoms with E-state index in [1.165, 1.54) is 36.0 Å². The smallest absolute Gasteiger partial charge is 0.317 e. The first-order valence-corrected chi connectivity index (χ1v) is 40.2. The number of urea groups is 1. The topological polar surface area (TPSA) is 305 Å². The third-order valence-corrected chi connectivity index (χ3v) is 25.0. The minimum Gasteiger partial charge on any atom is -0.368 e. The van der Waals surface area contributed by atoms with Gasteiger partial charge in [-0.3, -0.25) is 23.8 Å². The summed E-state index contributed by atoms with van der Waals surface area (Å²) in [4.78, 5) is 64.9. The highest BCUT2D eigenvalue weighted by Gasteiger charge is 2.31. The second-order valence-corrected chi connectivity index (χ2v) is 32.8. The molecule has 3 saturated heterocycles. The van der Waals surface area contributed by atoms with Crippen molar-refractivity contribution in [3.05, 3.63) is 215 Å². The molecule has 33 heteroatoms. The van der Waals surface area contributed by atoms with Gasteiger partial charge in [-0.15, -0.1) is 0 Å². The maximum atomic E-state index is 13.2. The van der Waals surface area contributed by atoms with Gasteiger partial charge in [0.25, 0.3) is 30.1 Å². The van der Waals surface area contributed by atoms with E-state index in [-0.39, 0.29) is 77.4 Å². The van der Waals surface area contributed by atoms with Crippen LogP contribution in [0, 0.1) is 6.92 Å². The summed E-state index contributed by atoms with van der Waals surface area (Å²) in [5.74, 6) is 1.16. The Bertz CT molecular complexity index is 5200. The van der Waals surface area contributed by atoms with E-state index in [0.717, 1.165) is 87.5 Å². The zero-order chi connectivity index (χ0) is 72.7. The standard InChI is InChI=1S/C24H25ClN6O3S2.C24H26N6O3S.C23H22ClN5O3S2.3H2/c1-16(31-11-10-20-21(25)4-3-5-22(20)31)23(32)30-14-12-29(13-15-30)18-6-8-19(9-7-18)36(33,34)28-24-26-17(2)27-35-24;31-24(27-20-15-18-3-1-2-4-19(18)16-20)30-13-11-29(12-14-30)21-5-7-22(8-6-21)34(32,33)28-23-9-10-25-17-26-23;24-19-4-1-18-9-12-29(21(18)13-19)14-22(30)28-10-7-17(8-11-28)16-2-5-20(6-3-16)34(31,32)27-23-25-15-26-33-23;;;/h3-11,16H,12-15H2,1-2H3,(H,26,27,28);1-10,17,20H,11-16H2,(H,27,31)(H,25,26,28);1-6,9,12-13,15,17H,7-8,10-11,14H2,(H,25,26,27);3*1H. The number of hydrogen-bond donors (Lipinski definition) is 4. The Balaban J connectivity index is 0.000000169. The van der Waals surface area contributed by atoms with Crippen LogP contribution in [0.4, 0.5) is 32.3 Å². The Morgan fingerprint density at radius 2 is 1.20 bits per heavy atom. The number of nitrogens with zero attached hydrogens (tertiary/aromatic N) is 13. The number of aryl methyl sites for hydroxylation is 1. The van der Waals surface area contributed by atoms with Crippen LogP contribution in [-0.2, 0) is 59.0 Å². The predicted octanol–water partition coefficient (Wildman–Crippen LogP) is 11.5. The maximum Gasteiger partial charge on any atom is 0.317 e. The minimum atomic E-state index is -3.74. The van der Waals surface area contributed by atoms with Crippen LogP contribution in [0.5, 0.6) is 0 Å². The summed E-state index contributed by atoms with van der Waals surface area (Å²) in [6, 6.07) is 45.3. The van der Waals surface area contributed by atoms with Crippen LogP contribution < -0.4 is 29.3 Å². The van der Waals surface area contributed by atoms with Gasteiger partial charge >= 0.3 is 6.03 Å². The number of aromatic nitrogens is 8. The van der Waals surface area contributed by atoms with Gasteiger partial charge in [-0.05, 0) is 171 Å². The first-order valence-electron chi connectivity index (χ1n) is 33.5. The zero-order valence-corrected chi connectivity index (χ0v) is 62.0. The molecule has 0 saturated carbocycles. The number of hydrogen-bond acceptors (Lipinski definition) is 19. The van der Waals surface area contributed by atoms with Gasteiger partial charge in [0.1, 0.15) is 36.9 Å².